The van der Waals surface area contributed by atoms with Gasteiger partial charge in [-0.15, -0.1) is 0 Å². The number of nitrogens with one attached hydrogen (secondary N) is 2. The summed E-state index contributed by atoms with van der Waals surface area (Å²) in [7, 11) is 1.58. The summed E-state index contributed by atoms with van der Waals surface area (Å²) < 4.78 is 10.4. The van der Waals surface area contributed by atoms with Gasteiger partial charge in [-0.05, 0) is 61.2 Å². The molecule has 0 bridgehead atoms. The van der Waals surface area contributed by atoms with E-state index in [4.69, 9.17) is 9.47 Å². The van der Waals surface area contributed by atoms with E-state index in [2.05, 4.69) is 10.6 Å². The van der Waals surface area contributed by atoms with E-state index >= 15 is 0 Å². The van der Waals surface area contributed by atoms with Gasteiger partial charge in [0.2, 0.25) is 0 Å². The number of urea groups is 1. The summed E-state index contributed by atoms with van der Waals surface area (Å²) in [5.41, 5.74) is 0.882. The number of hydrogen-bond donors (Lipinski definition) is 2. The molecule has 2 aromatic carbocycles. The van der Waals surface area contributed by atoms with Crippen molar-refractivity contribution in [3.8, 4) is 11.5 Å². The summed E-state index contributed by atoms with van der Waals surface area (Å²) in [6.07, 6.45) is 4.06. The van der Waals surface area contributed by atoms with Crippen LogP contribution in [0.2, 0.25) is 0 Å². The van der Waals surface area contributed by atoms with Crippen molar-refractivity contribution in [3.05, 3.63) is 65.7 Å². The van der Waals surface area contributed by atoms with E-state index in [1.54, 1.807) is 32.2 Å². The molecule has 150 valence electrons. The number of ether oxygens (including phenoxy) is 2. The molecule has 2 aromatic rings. The zero-order chi connectivity index (χ0) is 20.9. The van der Waals surface area contributed by atoms with Gasteiger partial charge in [0.1, 0.15) is 17.0 Å². The number of imide groups is 1. The van der Waals surface area contributed by atoms with Crippen molar-refractivity contribution < 1.29 is 23.9 Å². The molecule has 0 aromatic heterocycles. The van der Waals surface area contributed by atoms with Gasteiger partial charge in [-0.1, -0.05) is 24.3 Å². The minimum absolute atomic E-state index is 0.323. The number of amides is 3. The lowest BCUT2D eigenvalue weighted by molar-refractivity contribution is -0.129. The van der Waals surface area contributed by atoms with Crippen molar-refractivity contribution in [3.63, 3.8) is 0 Å². The molecule has 1 aliphatic rings. The third-order valence-corrected chi connectivity index (χ3v) is 4.68. The molecule has 3 rings (SSSR count). The minimum atomic E-state index is -0.910. The molecular formula is C22H22N2O5. The summed E-state index contributed by atoms with van der Waals surface area (Å²) >= 11 is 0. The third-order valence-electron chi connectivity index (χ3n) is 4.68. The molecule has 29 heavy (non-hydrogen) atoms. The lowest BCUT2D eigenvalue weighted by atomic mass is 9.93. The molecule has 1 atom stereocenters. The Kier molecular flexibility index (Phi) is 5.97. The normalized spacial score (nSPS) is 18.4. The van der Waals surface area contributed by atoms with E-state index in [-0.39, 0.29) is 5.91 Å². The molecule has 0 aliphatic carbocycles. The van der Waals surface area contributed by atoms with Crippen LogP contribution in [0.5, 0.6) is 11.5 Å². The van der Waals surface area contributed by atoms with Gasteiger partial charge in [0.25, 0.3) is 5.91 Å². The average molecular weight is 394 g/mol. The van der Waals surface area contributed by atoms with Crippen molar-refractivity contribution in [1.82, 2.24) is 10.6 Å². The van der Waals surface area contributed by atoms with Gasteiger partial charge in [0.15, 0.2) is 0 Å². The van der Waals surface area contributed by atoms with E-state index in [0.717, 1.165) is 11.1 Å². The number of carbonyl (C=O) groups excluding carboxylic acids is 3. The van der Waals surface area contributed by atoms with Crippen LogP contribution in [-0.2, 0) is 16.0 Å². The predicted octanol–water partition coefficient (Wildman–Crippen LogP) is 2.84. The number of aryl methyl sites for hydroxylation is 1. The van der Waals surface area contributed by atoms with Crippen LogP contribution in [0.4, 0.5) is 4.79 Å². The van der Waals surface area contributed by atoms with Crippen LogP contribution >= 0.6 is 0 Å². The number of benzene rings is 2. The Morgan fingerprint density at radius 2 is 1.86 bits per heavy atom. The van der Waals surface area contributed by atoms with Crippen LogP contribution in [0.15, 0.2) is 54.6 Å². The van der Waals surface area contributed by atoms with E-state index < -0.39 is 17.5 Å². The van der Waals surface area contributed by atoms with E-state index in [0.29, 0.717) is 24.3 Å². The van der Waals surface area contributed by atoms with Crippen molar-refractivity contribution in [2.24, 2.45) is 0 Å². The number of methoxy groups -OCH3 is 1. The monoisotopic (exact) mass is 394 g/mol. The molecule has 0 spiro atoms. The Hall–Kier alpha value is -3.61. The second-order valence-corrected chi connectivity index (χ2v) is 6.92. The van der Waals surface area contributed by atoms with Crippen LogP contribution < -0.4 is 20.1 Å². The summed E-state index contributed by atoms with van der Waals surface area (Å²) in [5, 5.41) is 4.88. The predicted molar refractivity (Wildman–Crippen MR) is 108 cm³/mol. The van der Waals surface area contributed by atoms with Crippen molar-refractivity contribution in [1.29, 1.82) is 0 Å². The largest absolute Gasteiger partial charge is 0.497 e. The number of esters is 1. The van der Waals surface area contributed by atoms with Gasteiger partial charge in [-0.2, -0.15) is 0 Å². The summed E-state index contributed by atoms with van der Waals surface area (Å²) in [6.45, 7) is 1.69. The molecule has 1 aliphatic heterocycles. The summed E-state index contributed by atoms with van der Waals surface area (Å²) in [4.78, 5) is 35.1. The molecule has 1 fully saturated rings. The summed E-state index contributed by atoms with van der Waals surface area (Å²) in [5.74, 6) is 0.320. The topological polar surface area (TPSA) is 93.7 Å². The Morgan fingerprint density at radius 3 is 2.52 bits per heavy atom. The van der Waals surface area contributed by atoms with Crippen LogP contribution in [0.3, 0.4) is 0 Å². The molecule has 0 unspecified atom stereocenters. The highest BCUT2D eigenvalue weighted by molar-refractivity contribution is 6.06. The Bertz CT molecular complexity index is 952. The Balaban J connectivity index is 1.53. The molecule has 0 saturated carbocycles. The summed E-state index contributed by atoms with van der Waals surface area (Å²) in [6, 6.07) is 13.9. The number of hydrogen-bond acceptors (Lipinski definition) is 5. The fraction of sp³-hybridized carbons (Fsp3) is 0.227. The second kappa shape index (κ2) is 8.60. The molecule has 7 heteroatoms. The maximum atomic E-state index is 12.0. The van der Waals surface area contributed by atoms with E-state index in [1.807, 2.05) is 36.4 Å². The maximum absolute atomic E-state index is 12.0. The van der Waals surface area contributed by atoms with Crippen LogP contribution in [0, 0.1) is 0 Å². The van der Waals surface area contributed by atoms with Gasteiger partial charge in [0.05, 0.1) is 7.11 Å². The van der Waals surface area contributed by atoms with Gasteiger partial charge in [-0.25, -0.2) is 9.59 Å². The van der Waals surface area contributed by atoms with Crippen molar-refractivity contribution >= 4 is 24.0 Å². The molecular weight excluding hydrogens is 372 g/mol. The molecule has 2 N–H and O–H groups in total. The highest BCUT2D eigenvalue weighted by atomic mass is 16.5. The zero-order valence-corrected chi connectivity index (χ0v) is 16.2. The standard InChI is InChI=1S/C22H22N2O5/c1-22(20(26)23-21(27)24-22)13-12-15-6-9-17(10-7-15)29-19(25)11-8-16-4-3-5-18(14-16)28-2/h3-11,14H,12-13H2,1-2H3,(H2,23,24,26,27)/b11-8+/t22-/m0/s1. The minimum Gasteiger partial charge on any atom is -0.497 e. The van der Waals surface area contributed by atoms with Gasteiger partial charge in [0, 0.05) is 6.08 Å². The first-order valence-electron chi connectivity index (χ1n) is 9.14. The first kappa shape index (κ1) is 20.1. The number of carbonyl (C=O) groups is 3. The Labute approximate surface area is 168 Å². The first-order chi connectivity index (χ1) is 13.9. The smallest absolute Gasteiger partial charge is 0.336 e. The van der Waals surface area contributed by atoms with Gasteiger partial charge >= 0.3 is 12.0 Å². The average Bonchev–Trinajstić information content (AvgIpc) is 2.97. The van der Waals surface area contributed by atoms with E-state index in [9.17, 15) is 14.4 Å². The van der Waals surface area contributed by atoms with Crippen molar-refractivity contribution in [2.75, 3.05) is 7.11 Å². The van der Waals surface area contributed by atoms with Crippen LogP contribution in [0.25, 0.3) is 6.08 Å². The Morgan fingerprint density at radius 1 is 1.10 bits per heavy atom. The number of rotatable bonds is 7. The highest BCUT2D eigenvalue weighted by Crippen LogP contribution is 2.20. The molecule has 3 amide bonds. The SMILES string of the molecule is COc1cccc(/C=C/C(=O)Oc2ccc(CC[C@]3(C)NC(=O)NC3=O)cc2)c1. The van der Waals surface area contributed by atoms with E-state index in [1.165, 1.54) is 6.08 Å². The lowest BCUT2D eigenvalue weighted by Gasteiger charge is -2.20. The fourth-order valence-electron chi connectivity index (χ4n) is 2.93. The van der Waals surface area contributed by atoms with Gasteiger partial charge < -0.3 is 14.8 Å². The molecule has 1 saturated heterocycles. The molecule has 7 nitrogen and oxygen atoms in total. The maximum Gasteiger partial charge on any atom is 0.336 e. The van der Waals surface area contributed by atoms with Crippen LogP contribution in [0.1, 0.15) is 24.5 Å². The lowest BCUT2D eigenvalue weighted by Crippen LogP contribution is -2.43. The van der Waals surface area contributed by atoms with Crippen LogP contribution in [-0.4, -0.2) is 30.6 Å². The second-order valence-electron chi connectivity index (χ2n) is 6.92. The zero-order valence-electron chi connectivity index (χ0n) is 16.2. The van der Waals surface area contributed by atoms with Gasteiger partial charge in [-0.3, -0.25) is 10.1 Å². The first-order valence-corrected chi connectivity index (χ1v) is 9.14. The highest BCUT2D eigenvalue weighted by Gasteiger charge is 2.41. The quantitative estimate of drug-likeness (QED) is 0.326. The third kappa shape index (κ3) is 5.22. The van der Waals surface area contributed by atoms with Crippen molar-refractivity contribution in [2.45, 2.75) is 25.3 Å². The fourth-order valence-corrected chi connectivity index (χ4v) is 2.93. The molecule has 1 heterocycles. The molecule has 0 radical (unpaired) electrons.